The van der Waals surface area contributed by atoms with Crippen LogP contribution in [0.3, 0.4) is 0 Å². The predicted molar refractivity (Wildman–Crippen MR) is 46.8 cm³/mol. The second-order valence-corrected chi connectivity index (χ2v) is 6.14. The van der Waals surface area contributed by atoms with Crippen molar-refractivity contribution in [1.29, 1.82) is 0 Å². The van der Waals surface area contributed by atoms with Crippen LogP contribution in [0.2, 0.25) is 0 Å². The van der Waals surface area contributed by atoms with E-state index in [1.165, 1.54) is 12.8 Å². The Morgan fingerprint density at radius 1 is 0.846 bits per heavy atom. The summed E-state index contributed by atoms with van der Waals surface area (Å²) in [4.78, 5) is 11.8. The third-order valence-electron chi connectivity index (χ3n) is 6.35. The summed E-state index contributed by atoms with van der Waals surface area (Å²) >= 11 is 0. The van der Waals surface area contributed by atoms with Crippen LogP contribution < -0.4 is 0 Å². The number of Topliss-reactive ketones (excluding diaryl/α,β-unsaturated/α-hetero) is 1. The summed E-state index contributed by atoms with van der Waals surface area (Å²) < 4.78 is 0. The van der Waals surface area contributed by atoms with Crippen LogP contribution in [0.15, 0.2) is 0 Å². The number of carbonyl (C=O) groups excluding carboxylic acids is 1. The van der Waals surface area contributed by atoms with Crippen molar-refractivity contribution < 1.29 is 4.79 Å². The SMILES string of the molecule is O=C1CC2C3CC4C1C1C2CC3C41. The van der Waals surface area contributed by atoms with Crippen LogP contribution in [0.5, 0.6) is 0 Å². The fourth-order valence-electron chi connectivity index (χ4n) is 6.34. The van der Waals surface area contributed by atoms with Gasteiger partial charge >= 0.3 is 0 Å². The van der Waals surface area contributed by atoms with Crippen LogP contribution in [0.4, 0.5) is 0 Å². The van der Waals surface area contributed by atoms with E-state index in [4.69, 9.17) is 0 Å². The first-order valence-corrected chi connectivity index (χ1v) is 5.89. The monoisotopic (exact) mass is 174 g/mol. The summed E-state index contributed by atoms with van der Waals surface area (Å²) in [5, 5.41) is 0. The summed E-state index contributed by atoms with van der Waals surface area (Å²) in [6.45, 7) is 0. The van der Waals surface area contributed by atoms with Gasteiger partial charge in [0.1, 0.15) is 5.78 Å². The van der Waals surface area contributed by atoms with Gasteiger partial charge in [0.2, 0.25) is 0 Å². The lowest BCUT2D eigenvalue weighted by Gasteiger charge is -2.53. The van der Waals surface area contributed by atoms with Crippen molar-refractivity contribution in [3.8, 4) is 0 Å². The topological polar surface area (TPSA) is 17.1 Å². The van der Waals surface area contributed by atoms with Crippen LogP contribution in [0, 0.1) is 47.3 Å². The molecule has 0 heterocycles. The largest absolute Gasteiger partial charge is 0.299 e. The molecule has 68 valence electrons. The Morgan fingerprint density at radius 2 is 1.62 bits per heavy atom. The van der Waals surface area contributed by atoms with Gasteiger partial charge in [-0.1, -0.05) is 0 Å². The molecule has 0 aromatic carbocycles. The molecule has 5 rings (SSSR count). The molecule has 8 atom stereocenters. The third kappa shape index (κ3) is 0.409. The predicted octanol–water partition coefficient (Wildman–Crippen LogP) is 1.72. The molecule has 1 nitrogen and oxygen atoms in total. The quantitative estimate of drug-likeness (QED) is 0.546. The van der Waals surface area contributed by atoms with Gasteiger partial charge in [-0.05, 0) is 54.3 Å². The van der Waals surface area contributed by atoms with Gasteiger partial charge in [-0.25, -0.2) is 0 Å². The molecule has 0 spiro atoms. The fraction of sp³-hybridized carbons (Fsp3) is 0.917. The Kier molecular flexibility index (Phi) is 0.721. The van der Waals surface area contributed by atoms with Crippen molar-refractivity contribution in [3.63, 3.8) is 0 Å². The first-order valence-electron chi connectivity index (χ1n) is 5.89. The molecule has 0 saturated heterocycles. The molecule has 0 aromatic heterocycles. The van der Waals surface area contributed by atoms with E-state index in [1.807, 2.05) is 0 Å². The zero-order chi connectivity index (χ0) is 8.32. The van der Waals surface area contributed by atoms with Gasteiger partial charge in [0, 0.05) is 12.3 Å². The Labute approximate surface area is 77.9 Å². The maximum Gasteiger partial charge on any atom is 0.136 e. The molecular formula is C12H14O. The lowest BCUT2D eigenvalue weighted by atomic mass is 9.50. The highest BCUT2D eigenvalue weighted by Crippen LogP contribution is 2.79. The van der Waals surface area contributed by atoms with Gasteiger partial charge in [-0.3, -0.25) is 4.79 Å². The van der Waals surface area contributed by atoms with Crippen molar-refractivity contribution in [3.05, 3.63) is 0 Å². The van der Waals surface area contributed by atoms with Crippen LogP contribution in [-0.4, -0.2) is 5.78 Å². The summed E-state index contributed by atoms with van der Waals surface area (Å²) in [6, 6.07) is 0. The van der Waals surface area contributed by atoms with Gasteiger partial charge in [0.15, 0.2) is 0 Å². The molecule has 5 saturated carbocycles. The molecule has 8 unspecified atom stereocenters. The molecule has 0 radical (unpaired) electrons. The molecule has 0 N–H and O–H groups in total. The highest BCUT2D eigenvalue weighted by atomic mass is 16.1. The number of ketones is 1. The molecule has 1 heteroatoms. The molecule has 5 aliphatic rings. The van der Waals surface area contributed by atoms with Crippen molar-refractivity contribution >= 4 is 5.78 Å². The lowest BCUT2D eigenvalue weighted by Crippen LogP contribution is -2.54. The van der Waals surface area contributed by atoms with E-state index < -0.39 is 0 Å². The van der Waals surface area contributed by atoms with Crippen LogP contribution in [0.25, 0.3) is 0 Å². The molecular weight excluding hydrogens is 160 g/mol. The molecule has 2 bridgehead atoms. The Morgan fingerprint density at radius 3 is 2.54 bits per heavy atom. The summed E-state index contributed by atoms with van der Waals surface area (Å²) in [7, 11) is 0. The normalized spacial score (nSPS) is 74.9. The average molecular weight is 174 g/mol. The molecule has 13 heavy (non-hydrogen) atoms. The highest BCUT2D eigenvalue weighted by Gasteiger charge is 2.76. The standard InChI is InChI=1S/C12H14O/c13-9-3-5-4-1-8-10-6(4)2-7(5)12(10)11(8)9/h4-8,10-12H,1-3H2. The number of hydrogen-bond acceptors (Lipinski definition) is 1. The Bertz CT molecular complexity index is 330. The minimum absolute atomic E-state index is 0.573. The molecule has 5 aliphatic carbocycles. The average Bonchev–Trinajstić information content (AvgIpc) is 2.51. The Hall–Kier alpha value is -0.330. The van der Waals surface area contributed by atoms with Crippen molar-refractivity contribution in [2.75, 3.05) is 0 Å². The van der Waals surface area contributed by atoms with Gasteiger partial charge < -0.3 is 0 Å². The van der Waals surface area contributed by atoms with E-state index in [0.29, 0.717) is 11.7 Å². The number of hydrogen-bond donors (Lipinski definition) is 0. The summed E-state index contributed by atoms with van der Waals surface area (Å²) in [6.07, 6.45) is 3.95. The second-order valence-electron chi connectivity index (χ2n) is 6.14. The lowest BCUT2D eigenvalue weighted by molar-refractivity contribution is -0.148. The van der Waals surface area contributed by atoms with Crippen molar-refractivity contribution in [1.82, 2.24) is 0 Å². The van der Waals surface area contributed by atoms with E-state index in [-0.39, 0.29) is 0 Å². The fourth-order valence-corrected chi connectivity index (χ4v) is 6.34. The number of carbonyl (C=O) groups is 1. The van der Waals surface area contributed by atoms with Crippen LogP contribution >= 0.6 is 0 Å². The molecule has 0 amide bonds. The number of rotatable bonds is 0. The Balaban J connectivity index is 1.82. The van der Waals surface area contributed by atoms with E-state index in [0.717, 1.165) is 47.8 Å². The zero-order valence-corrected chi connectivity index (χ0v) is 7.65. The highest BCUT2D eigenvalue weighted by molar-refractivity contribution is 5.85. The maximum absolute atomic E-state index is 11.8. The first-order chi connectivity index (χ1) is 6.36. The summed E-state index contributed by atoms with van der Waals surface area (Å²) in [5.74, 6) is 8.04. The van der Waals surface area contributed by atoms with E-state index in [2.05, 4.69) is 0 Å². The first kappa shape index (κ1) is 6.21. The summed E-state index contributed by atoms with van der Waals surface area (Å²) in [5.41, 5.74) is 0. The maximum atomic E-state index is 11.8. The van der Waals surface area contributed by atoms with E-state index >= 15 is 0 Å². The minimum atomic E-state index is 0.573. The zero-order valence-electron chi connectivity index (χ0n) is 7.65. The number of fused-ring (bicyclic) bond motifs is 2. The van der Waals surface area contributed by atoms with Gasteiger partial charge in [0.05, 0.1) is 0 Å². The van der Waals surface area contributed by atoms with Crippen LogP contribution in [-0.2, 0) is 4.79 Å². The second kappa shape index (κ2) is 1.51. The van der Waals surface area contributed by atoms with E-state index in [9.17, 15) is 4.79 Å². The molecule has 5 fully saturated rings. The van der Waals surface area contributed by atoms with Gasteiger partial charge in [-0.15, -0.1) is 0 Å². The van der Waals surface area contributed by atoms with Crippen LogP contribution in [0.1, 0.15) is 19.3 Å². The minimum Gasteiger partial charge on any atom is -0.299 e. The molecule has 0 aliphatic heterocycles. The van der Waals surface area contributed by atoms with E-state index in [1.54, 1.807) is 0 Å². The van der Waals surface area contributed by atoms with Crippen molar-refractivity contribution in [2.24, 2.45) is 47.3 Å². The van der Waals surface area contributed by atoms with Gasteiger partial charge in [-0.2, -0.15) is 0 Å². The smallest absolute Gasteiger partial charge is 0.136 e. The van der Waals surface area contributed by atoms with Crippen molar-refractivity contribution in [2.45, 2.75) is 19.3 Å². The molecule has 0 aromatic rings. The third-order valence-corrected chi connectivity index (χ3v) is 6.35. The van der Waals surface area contributed by atoms with Gasteiger partial charge in [0.25, 0.3) is 0 Å².